The SMILES string of the molecule is [2H]c1c(-c2ccc([Si](C)(C)C)cc2)oc2c(-c3cc(C(C)(C)C)c4ccccc4c3)nccc12. The van der Waals surface area contributed by atoms with Gasteiger partial charge < -0.3 is 4.42 Å². The smallest absolute Gasteiger partial charge is 0.161 e. The van der Waals surface area contributed by atoms with Gasteiger partial charge in [0.25, 0.3) is 0 Å². The molecule has 166 valence electrons. The number of hydrogen-bond donors (Lipinski definition) is 0. The second-order valence-corrected chi connectivity index (χ2v) is 16.0. The minimum atomic E-state index is -1.39. The molecule has 0 saturated heterocycles. The molecule has 5 aromatic rings. The third-order valence-corrected chi connectivity index (χ3v) is 8.38. The fourth-order valence-electron chi connectivity index (χ4n) is 4.43. The fraction of sp³-hybridized carbons (Fsp3) is 0.233. The molecule has 0 fully saturated rings. The molecule has 0 saturated carbocycles. The van der Waals surface area contributed by atoms with Crippen molar-refractivity contribution in [3.8, 4) is 22.6 Å². The molecular weight excluding hydrogens is 418 g/mol. The van der Waals surface area contributed by atoms with Crippen LogP contribution >= 0.6 is 0 Å². The van der Waals surface area contributed by atoms with Crippen LogP contribution in [0.25, 0.3) is 44.3 Å². The van der Waals surface area contributed by atoms with Gasteiger partial charge in [-0.2, -0.15) is 0 Å². The maximum absolute atomic E-state index is 8.85. The van der Waals surface area contributed by atoms with Gasteiger partial charge >= 0.3 is 0 Å². The van der Waals surface area contributed by atoms with Crippen LogP contribution in [0.2, 0.25) is 19.6 Å². The molecule has 0 amide bonds. The van der Waals surface area contributed by atoms with Gasteiger partial charge in [0.2, 0.25) is 0 Å². The monoisotopic (exact) mass is 450 g/mol. The van der Waals surface area contributed by atoms with E-state index in [2.05, 4.69) is 101 Å². The first-order valence-electron chi connectivity index (χ1n) is 12.1. The number of rotatable bonds is 3. The predicted molar refractivity (Wildman–Crippen MR) is 144 cm³/mol. The van der Waals surface area contributed by atoms with E-state index in [0.29, 0.717) is 17.4 Å². The first kappa shape index (κ1) is 20.4. The van der Waals surface area contributed by atoms with E-state index >= 15 is 0 Å². The molecule has 2 heterocycles. The first-order chi connectivity index (χ1) is 16.0. The number of pyridine rings is 1. The molecule has 0 aliphatic rings. The van der Waals surface area contributed by atoms with E-state index in [0.717, 1.165) is 22.2 Å². The zero-order valence-electron chi connectivity index (χ0n) is 21.3. The van der Waals surface area contributed by atoms with Crippen LogP contribution in [-0.2, 0) is 5.41 Å². The maximum Gasteiger partial charge on any atom is 0.161 e. The van der Waals surface area contributed by atoms with Gasteiger partial charge in [0.05, 0.1) is 9.44 Å². The number of nitrogens with zero attached hydrogens (tertiary/aromatic N) is 1. The molecule has 0 spiro atoms. The summed E-state index contributed by atoms with van der Waals surface area (Å²) in [5, 5.41) is 4.63. The zero-order valence-corrected chi connectivity index (χ0v) is 21.3. The highest BCUT2D eigenvalue weighted by molar-refractivity contribution is 6.88. The largest absolute Gasteiger partial charge is 0.454 e. The Hall–Kier alpha value is -3.17. The summed E-state index contributed by atoms with van der Waals surface area (Å²) < 4.78 is 15.2. The standard InChI is InChI=1S/C30H31NOSi/c1-30(2,3)26-18-23(17-21-9-7-8-10-25(21)26)28-29-22(15-16-31-28)19-27(32-29)20-11-13-24(14-12-20)33(4,5)6/h7-19H,1-6H3/i19D. The van der Waals surface area contributed by atoms with Gasteiger partial charge in [-0.3, -0.25) is 4.98 Å². The highest BCUT2D eigenvalue weighted by Crippen LogP contribution is 2.38. The lowest BCUT2D eigenvalue weighted by molar-refractivity contribution is 0.596. The predicted octanol–water partition coefficient (Wildman–Crippen LogP) is 8.16. The van der Waals surface area contributed by atoms with E-state index in [-0.39, 0.29) is 5.41 Å². The molecule has 0 bridgehead atoms. The van der Waals surface area contributed by atoms with Crippen molar-refractivity contribution in [3.05, 3.63) is 84.5 Å². The molecule has 2 nitrogen and oxygen atoms in total. The van der Waals surface area contributed by atoms with Gasteiger partial charge in [-0.15, -0.1) is 0 Å². The molecule has 0 unspecified atom stereocenters. The summed E-state index contributed by atoms with van der Waals surface area (Å²) in [4.78, 5) is 4.73. The first-order valence-corrected chi connectivity index (χ1v) is 15.1. The summed E-state index contributed by atoms with van der Waals surface area (Å²) in [5.74, 6) is 0.600. The highest BCUT2D eigenvalue weighted by atomic mass is 28.3. The summed E-state index contributed by atoms with van der Waals surface area (Å²) in [6, 6.07) is 23.8. The minimum absolute atomic E-state index is 0.0173. The van der Waals surface area contributed by atoms with E-state index in [1.807, 2.05) is 6.07 Å². The number of furan rings is 1. The average Bonchev–Trinajstić information content (AvgIpc) is 3.14. The van der Waals surface area contributed by atoms with Crippen LogP contribution in [0, 0.1) is 0 Å². The molecule has 0 radical (unpaired) electrons. The Labute approximate surface area is 198 Å². The molecule has 0 aliphatic carbocycles. The Morgan fingerprint density at radius 1 is 0.848 bits per heavy atom. The van der Waals surface area contributed by atoms with E-state index in [1.165, 1.54) is 21.5 Å². The van der Waals surface area contributed by atoms with E-state index in [1.54, 1.807) is 6.20 Å². The molecule has 2 aromatic heterocycles. The molecule has 5 rings (SSSR count). The molecule has 33 heavy (non-hydrogen) atoms. The topological polar surface area (TPSA) is 26.0 Å². The Balaban J connectivity index is 1.70. The Bertz CT molecular complexity index is 1520. The molecule has 0 atom stereocenters. The van der Waals surface area contributed by atoms with Crippen LogP contribution in [0.3, 0.4) is 0 Å². The summed E-state index contributed by atoms with van der Waals surface area (Å²) in [6.07, 6.45) is 1.79. The summed E-state index contributed by atoms with van der Waals surface area (Å²) in [5.41, 5.74) is 4.67. The summed E-state index contributed by atoms with van der Waals surface area (Å²) >= 11 is 0. The van der Waals surface area contributed by atoms with Crippen molar-refractivity contribution >= 4 is 35.0 Å². The van der Waals surface area contributed by atoms with Crippen LogP contribution < -0.4 is 5.19 Å². The Morgan fingerprint density at radius 3 is 2.27 bits per heavy atom. The number of hydrogen-bond acceptors (Lipinski definition) is 2. The van der Waals surface area contributed by atoms with Crippen molar-refractivity contribution in [2.75, 3.05) is 0 Å². The maximum atomic E-state index is 8.85. The second kappa shape index (κ2) is 7.70. The van der Waals surface area contributed by atoms with Gasteiger partial charge in [-0.25, -0.2) is 0 Å². The summed E-state index contributed by atoms with van der Waals surface area (Å²) in [7, 11) is -1.39. The lowest BCUT2D eigenvalue weighted by atomic mass is 9.82. The van der Waals surface area contributed by atoms with Crippen LogP contribution in [-0.4, -0.2) is 13.1 Å². The zero-order chi connectivity index (χ0) is 24.3. The van der Waals surface area contributed by atoms with Gasteiger partial charge in [0, 0.05) is 22.7 Å². The summed E-state index contributed by atoms with van der Waals surface area (Å²) in [6.45, 7) is 13.7. The van der Waals surface area contributed by atoms with Gasteiger partial charge in [0.1, 0.15) is 11.5 Å². The fourth-order valence-corrected chi connectivity index (χ4v) is 5.59. The third kappa shape index (κ3) is 4.02. The molecule has 3 heteroatoms. The van der Waals surface area contributed by atoms with Crippen molar-refractivity contribution in [2.45, 2.75) is 45.8 Å². The van der Waals surface area contributed by atoms with Crippen LogP contribution in [0.5, 0.6) is 0 Å². The van der Waals surface area contributed by atoms with Gasteiger partial charge in [-0.05, 0) is 46.0 Å². The third-order valence-electron chi connectivity index (χ3n) is 6.31. The van der Waals surface area contributed by atoms with Gasteiger partial charge in [-0.1, -0.05) is 94.1 Å². The second-order valence-electron chi connectivity index (χ2n) is 10.9. The van der Waals surface area contributed by atoms with Crippen LogP contribution in [0.1, 0.15) is 27.7 Å². The van der Waals surface area contributed by atoms with Gasteiger partial charge in [0.15, 0.2) is 5.58 Å². The van der Waals surface area contributed by atoms with Crippen molar-refractivity contribution in [1.29, 1.82) is 0 Å². The Morgan fingerprint density at radius 2 is 1.58 bits per heavy atom. The molecule has 3 aromatic carbocycles. The van der Waals surface area contributed by atoms with E-state index in [4.69, 9.17) is 10.8 Å². The molecule has 0 N–H and O–H groups in total. The van der Waals surface area contributed by atoms with Crippen LogP contribution in [0.15, 0.2) is 83.4 Å². The number of benzene rings is 3. The number of aromatic nitrogens is 1. The minimum Gasteiger partial charge on any atom is -0.454 e. The Kier molecular flexibility index (Phi) is 4.77. The lowest BCUT2D eigenvalue weighted by Crippen LogP contribution is -2.37. The van der Waals surface area contributed by atoms with Crippen molar-refractivity contribution in [2.24, 2.45) is 0 Å². The normalized spacial score (nSPS) is 13.0. The highest BCUT2D eigenvalue weighted by Gasteiger charge is 2.21. The van der Waals surface area contributed by atoms with Crippen molar-refractivity contribution in [3.63, 3.8) is 0 Å². The van der Waals surface area contributed by atoms with Crippen molar-refractivity contribution in [1.82, 2.24) is 4.98 Å². The van der Waals surface area contributed by atoms with Crippen LogP contribution in [0.4, 0.5) is 0 Å². The molecular formula is C30H31NOSi. The quantitative estimate of drug-likeness (QED) is 0.259. The lowest BCUT2D eigenvalue weighted by Gasteiger charge is -2.22. The average molecular weight is 451 g/mol. The van der Waals surface area contributed by atoms with E-state index < -0.39 is 8.07 Å². The van der Waals surface area contributed by atoms with Crippen molar-refractivity contribution < 1.29 is 5.79 Å². The number of fused-ring (bicyclic) bond motifs is 2. The van der Waals surface area contributed by atoms with E-state index in [9.17, 15) is 0 Å². The molecule has 0 aliphatic heterocycles.